The number of nitrogens with one attached hydrogen (secondary N) is 2. The molecule has 2 heterocycles. The molecule has 1 saturated heterocycles. The molecule has 1 atom stereocenters. The van der Waals surface area contributed by atoms with Crippen LogP contribution in [0.25, 0.3) is 0 Å². The van der Waals surface area contributed by atoms with Crippen molar-refractivity contribution in [1.82, 2.24) is 15.1 Å². The van der Waals surface area contributed by atoms with Gasteiger partial charge in [0.1, 0.15) is 6.04 Å². The van der Waals surface area contributed by atoms with Gasteiger partial charge in [-0.25, -0.2) is 4.99 Å². The molecule has 0 aliphatic carbocycles. The monoisotopic (exact) mass is 433 g/mol. The Bertz CT molecular complexity index is 1010. The summed E-state index contributed by atoms with van der Waals surface area (Å²) >= 11 is 0. The van der Waals surface area contributed by atoms with E-state index in [0.29, 0.717) is 17.2 Å². The number of carbonyl (C=O) groups excluding carboxylic acids is 3. The van der Waals surface area contributed by atoms with Crippen LogP contribution in [0.3, 0.4) is 0 Å². The number of nitrogens with zero attached hydrogens (tertiary/aromatic N) is 3. The molecule has 2 aromatic carbocycles. The zero-order chi connectivity index (χ0) is 22.5. The third kappa shape index (κ3) is 5.39. The summed E-state index contributed by atoms with van der Waals surface area (Å²) in [4.78, 5) is 45.3. The molecule has 2 aliphatic heterocycles. The van der Waals surface area contributed by atoms with Crippen molar-refractivity contribution < 1.29 is 14.4 Å². The van der Waals surface area contributed by atoms with E-state index >= 15 is 0 Å². The molecule has 2 aliphatic rings. The third-order valence-corrected chi connectivity index (χ3v) is 5.69. The highest BCUT2D eigenvalue weighted by atomic mass is 16.2. The Labute approximate surface area is 187 Å². The lowest BCUT2D eigenvalue weighted by Crippen LogP contribution is -2.56. The first-order chi connectivity index (χ1) is 15.5. The van der Waals surface area contributed by atoms with Gasteiger partial charge in [0.15, 0.2) is 5.78 Å². The topological polar surface area (TPSA) is 94.1 Å². The van der Waals surface area contributed by atoms with Crippen LogP contribution in [0.15, 0.2) is 59.6 Å². The van der Waals surface area contributed by atoms with Crippen LogP contribution in [0.5, 0.6) is 0 Å². The van der Waals surface area contributed by atoms with Crippen LogP contribution in [0.1, 0.15) is 29.3 Å². The molecule has 8 nitrogen and oxygen atoms in total. The van der Waals surface area contributed by atoms with Gasteiger partial charge in [-0.1, -0.05) is 30.3 Å². The van der Waals surface area contributed by atoms with Crippen molar-refractivity contribution >= 4 is 29.2 Å². The average Bonchev–Trinajstić information content (AvgIpc) is 2.80. The first kappa shape index (κ1) is 21.7. The number of ketones is 1. The summed E-state index contributed by atoms with van der Waals surface area (Å²) in [6.07, 6.45) is 0.00876. The maximum atomic E-state index is 12.7. The second-order valence-electron chi connectivity index (χ2n) is 8.09. The first-order valence-corrected chi connectivity index (χ1v) is 10.8. The third-order valence-electron chi connectivity index (χ3n) is 5.69. The van der Waals surface area contributed by atoms with Crippen LogP contribution in [0, 0.1) is 0 Å². The fourth-order valence-corrected chi connectivity index (χ4v) is 3.86. The molecule has 0 unspecified atom stereocenters. The second-order valence-corrected chi connectivity index (χ2v) is 8.09. The van der Waals surface area contributed by atoms with Crippen LogP contribution in [0.4, 0.5) is 5.69 Å². The molecular formula is C24H27N5O3. The van der Waals surface area contributed by atoms with E-state index in [0.717, 1.165) is 32.7 Å². The SMILES string of the molecule is CC(=O)c1ccc(NC(=O)[C@H]2CC(=O)NC(N3CCN(Cc4ccccc4)CC3)=N2)cc1. The Morgan fingerprint density at radius 1 is 1.03 bits per heavy atom. The molecule has 0 bridgehead atoms. The molecule has 4 rings (SSSR count). The number of rotatable bonds is 5. The largest absolute Gasteiger partial charge is 0.340 e. The average molecular weight is 434 g/mol. The quantitative estimate of drug-likeness (QED) is 0.703. The predicted octanol–water partition coefficient (Wildman–Crippen LogP) is 1.89. The zero-order valence-corrected chi connectivity index (χ0v) is 18.1. The van der Waals surface area contributed by atoms with Crippen molar-refractivity contribution in [2.24, 2.45) is 4.99 Å². The van der Waals surface area contributed by atoms with Gasteiger partial charge in [-0.05, 0) is 36.8 Å². The normalized spacial score (nSPS) is 19.2. The number of hydrogen-bond donors (Lipinski definition) is 2. The summed E-state index contributed by atoms with van der Waals surface area (Å²) in [6.45, 7) is 5.54. The van der Waals surface area contributed by atoms with Crippen molar-refractivity contribution in [3.05, 3.63) is 65.7 Å². The molecular weight excluding hydrogens is 406 g/mol. The van der Waals surface area contributed by atoms with E-state index in [1.165, 1.54) is 12.5 Å². The summed E-state index contributed by atoms with van der Waals surface area (Å²) in [5, 5.41) is 5.61. The minimum Gasteiger partial charge on any atom is -0.340 e. The van der Waals surface area contributed by atoms with Crippen molar-refractivity contribution in [2.75, 3.05) is 31.5 Å². The van der Waals surface area contributed by atoms with E-state index in [4.69, 9.17) is 0 Å². The fraction of sp³-hybridized carbons (Fsp3) is 0.333. The highest BCUT2D eigenvalue weighted by molar-refractivity contribution is 6.06. The molecule has 0 saturated carbocycles. The van der Waals surface area contributed by atoms with Gasteiger partial charge in [0, 0.05) is 44.0 Å². The summed E-state index contributed by atoms with van der Waals surface area (Å²) in [5.74, 6) is -0.123. The molecule has 1 fully saturated rings. The molecule has 0 radical (unpaired) electrons. The van der Waals surface area contributed by atoms with Gasteiger partial charge in [-0.3, -0.25) is 24.6 Å². The molecule has 2 amide bonds. The number of Topliss-reactive ketones (excluding diaryl/α,β-unsaturated/α-hetero) is 1. The number of carbonyl (C=O) groups is 3. The maximum Gasteiger partial charge on any atom is 0.249 e. The summed E-state index contributed by atoms with van der Waals surface area (Å²) in [5.41, 5.74) is 2.42. The Morgan fingerprint density at radius 2 is 1.72 bits per heavy atom. The molecule has 8 heteroatoms. The maximum absolute atomic E-state index is 12.7. The van der Waals surface area contributed by atoms with E-state index in [1.807, 2.05) is 23.1 Å². The number of hydrogen-bond acceptors (Lipinski definition) is 6. The smallest absolute Gasteiger partial charge is 0.249 e. The minimum absolute atomic E-state index is 0.00876. The van der Waals surface area contributed by atoms with Crippen molar-refractivity contribution in [3.63, 3.8) is 0 Å². The number of benzene rings is 2. The Hall–Kier alpha value is -3.52. The van der Waals surface area contributed by atoms with Crippen molar-refractivity contribution in [1.29, 1.82) is 0 Å². The van der Waals surface area contributed by atoms with Gasteiger partial charge in [-0.2, -0.15) is 0 Å². The number of anilines is 1. The fourth-order valence-electron chi connectivity index (χ4n) is 3.86. The molecule has 0 spiro atoms. The molecule has 166 valence electrons. The van der Waals surface area contributed by atoms with Gasteiger partial charge in [0.2, 0.25) is 17.8 Å². The van der Waals surface area contributed by atoms with Crippen molar-refractivity contribution in [2.45, 2.75) is 25.9 Å². The summed E-state index contributed by atoms with van der Waals surface area (Å²) in [7, 11) is 0. The number of aliphatic imine (C=N–C) groups is 1. The van der Waals surface area contributed by atoms with Crippen LogP contribution in [-0.4, -0.2) is 65.6 Å². The molecule has 2 N–H and O–H groups in total. The number of amides is 2. The zero-order valence-electron chi connectivity index (χ0n) is 18.1. The minimum atomic E-state index is -0.784. The number of piperazine rings is 1. The highest BCUT2D eigenvalue weighted by Crippen LogP contribution is 2.15. The lowest BCUT2D eigenvalue weighted by Gasteiger charge is -2.37. The van der Waals surface area contributed by atoms with E-state index in [1.54, 1.807) is 24.3 Å². The van der Waals surface area contributed by atoms with Gasteiger partial charge in [-0.15, -0.1) is 0 Å². The number of guanidine groups is 1. The van der Waals surface area contributed by atoms with E-state index in [-0.39, 0.29) is 24.0 Å². The Morgan fingerprint density at radius 3 is 2.38 bits per heavy atom. The lowest BCUT2D eigenvalue weighted by atomic mass is 10.1. The van der Waals surface area contributed by atoms with Gasteiger partial charge in [0.05, 0.1) is 6.42 Å². The molecule has 32 heavy (non-hydrogen) atoms. The van der Waals surface area contributed by atoms with E-state index < -0.39 is 6.04 Å². The highest BCUT2D eigenvalue weighted by Gasteiger charge is 2.30. The van der Waals surface area contributed by atoms with Gasteiger partial charge in [0.25, 0.3) is 0 Å². The van der Waals surface area contributed by atoms with Crippen LogP contribution in [0.2, 0.25) is 0 Å². The van der Waals surface area contributed by atoms with Crippen LogP contribution >= 0.6 is 0 Å². The van der Waals surface area contributed by atoms with Crippen LogP contribution < -0.4 is 10.6 Å². The van der Waals surface area contributed by atoms with E-state index in [9.17, 15) is 14.4 Å². The van der Waals surface area contributed by atoms with E-state index in [2.05, 4.69) is 32.7 Å². The van der Waals surface area contributed by atoms with Gasteiger partial charge >= 0.3 is 0 Å². The molecule has 2 aromatic rings. The standard InChI is InChI=1S/C24H27N5O3/c1-17(30)19-7-9-20(10-8-19)25-23(32)21-15-22(31)27-24(26-21)29-13-11-28(12-14-29)16-18-5-3-2-4-6-18/h2-10,21H,11-16H2,1H3,(H,25,32)(H,26,27,31)/t21-/m1/s1. The Kier molecular flexibility index (Phi) is 6.61. The lowest BCUT2D eigenvalue weighted by molar-refractivity contribution is -0.125. The summed E-state index contributed by atoms with van der Waals surface area (Å²) < 4.78 is 0. The molecule has 0 aromatic heterocycles. The Balaban J connectivity index is 1.36. The summed E-state index contributed by atoms with van der Waals surface area (Å²) in [6, 6.07) is 16.2. The first-order valence-electron chi connectivity index (χ1n) is 10.8. The van der Waals surface area contributed by atoms with Crippen molar-refractivity contribution in [3.8, 4) is 0 Å². The van der Waals surface area contributed by atoms with Gasteiger partial charge < -0.3 is 10.2 Å². The van der Waals surface area contributed by atoms with Crippen LogP contribution in [-0.2, 0) is 16.1 Å². The second kappa shape index (κ2) is 9.74. The predicted molar refractivity (Wildman–Crippen MR) is 122 cm³/mol.